The van der Waals surface area contributed by atoms with Gasteiger partial charge in [0.2, 0.25) is 0 Å². The van der Waals surface area contributed by atoms with E-state index in [0.29, 0.717) is 17.8 Å². The van der Waals surface area contributed by atoms with Crippen molar-refractivity contribution in [2.45, 2.75) is 26.4 Å². The fourth-order valence-corrected chi connectivity index (χ4v) is 5.38. The largest absolute Gasteiger partial charge is 0.465 e. The number of fused-ring (bicyclic) bond motifs is 3. The van der Waals surface area contributed by atoms with Gasteiger partial charge in [-0.25, -0.2) is 14.3 Å². The first-order chi connectivity index (χ1) is 19.4. The SMILES string of the molecule is COC(=O)c1cccc(NC(=O)N2Cc3c(C)nn(-c4ccccc4)c3-n3cccc3C2c2cccc(C)c2)c1. The van der Waals surface area contributed by atoms with Crippen LogP contribution in [0.5, 0.6) is 0 Å². The number of nitrogens with one attached hydrogen (secondary N) is 1. The Morgan fingerprint density at radius 3 is 2.50 bits per heavy atom. The number of hydrogen-bond acceptors (Lipinski definition) is 4. The van der Waals surface area contributed by atoms with Crippen molar-refractivity contribution >= 4 is 17.7 Å². The molecular formula is C32H29N5O3. The van der Waals surface area contributed by atoms with Crippen molar-refractivity contribution in [1.82, 2.24) is 19.2 Å². The molecule has 200 valence electrons. The lowest BCUT2D eigenvalue weighted by Gasteiger charge is -2.31. The number of esters is 1. The summed E-state index contributed by atoms with van der Waals surface area (Å²) in [7, 11) is 1.34. The van der Waals surface area contributed by atoms with Gasteiger partial charge in [-0.15, -0.1) is 0 Å². The number of para-hydroxylation sites is 1. The van der Waals surface area contributed by atoms with E-state index in [1.807, 2.05) is 78.2 Å². The van der Waals surface area contributed by atoms with Crippen LogP contribution < -0.4 is 5.32 Å². The van der Waals surface area contributed by atoms with Gasteiger partial charge in [-0.3, -0.25) is 0 Å². The highest BCUT2D eigenvalue weighted by molar-refractivity contribution is 5.94. The Kier molecular flexibility index (Phi) is 6.43. The average molecular weight is 532 g/mol. The predicted octanol–water partition coefficient (Wildman–Crippen LogP) is 6.20. The van der Waals surface area contributed by atoms with Crippen molar-refractivity contribution in [3.63, 3.8) is 0 Å². The van der Waals surface area contributed by atoms with E-state index >= 15 is 0 Å². The molecule has 0 fully saturated rings. The third-order valence-corrected chi connectivity index (χ3v) is 7.24. The molecule has 8 heteroatoms. The second kappa shape index (κ2) is 10.2. The van der Waals surface area contributed by atoms with E-state index in [0.717, 1.165) is 39.6 Å². The number of hydrogen-bond donors (Lipinski definition) is 1. The van der Waals surface area contributed by atoms with Crippen molar-refractivity contribution in [1.29, 1.82) is 0 Å². The lowest BCUT2D eigenvalue weighted by Crippen LogP contribution is -2.38. The standard InChI is InChI=1S/C32H29N5O3/c1-21-10-7-11-23(18-21)29-28-16-9-17-35(28)30-27(22(2)34-37(30)26-14-5-4-6-15-26)20-36(29)32(39)33-25-13-8-12-24(19-25)31(38)40-3/h4-19,29H,20H2,1-3H3,(H,33,39). The molecule has 5 aromatic rings. The van der Waals surface area contributed by atoms with Gasteiger partial charge in [0, 0.05) is 17.4 Å². The Labute approximate surface area is 232 Å². The molecule has 40 heavy (non-hydrogen) atoms. The zero-order chi connectivity index (χ0) is 27.8. The number of aryl methyl sites for hydroxylation is 2. The van der Waals surface area contributed by atoms with Gasteiger partial charge in [-0.1, -0.05) is 54.1 Å². The smallest absolute Gasteiger partial charge is 0.337 e. The monoisotopic (exact) mass is 531 g/mol. The molecule has 8 nitrogen and oxygen atoms in total. The normalized spacial score (nSPS) is 14.2. The Bertz CT molecular complexity index is 1720. The minimum Gasteiger partial charge on any atom is -0.465 e. The van der Waals surface area contributed by atoms with E-state index in [4.69, 9.17) is 9.84 Å². The molecule has 2 amide bonds. The molecule has 3 aromatic carbocycles. The number of ether oxygens (including phenoxy) is 1. The van der Waals surface area contributed by atoms with Gasteiger partial charge in [0.25, 0.3) is 0 Å². The second-order valence-corrected chi connectivity index (χ2v) is 9.89. The van der Waals surface area contributed by atoms with Crippen LogP contribution >= 0.6 is 0 Å². The van der Waals surface area contributed by atoms with Crippen molar-refractivity contribution in [3.05, 3.63) is 131 Å². The topological polar surface area (TPSA) is 81.4 Å². The molecule has 2 aromatic heterocycles. The summed E-state index contributed by atoms with van der Waals surface area (Å²) < 4.78 is 8.95. The van der Waals surface area contributed by atoms with E-state index in [-0.39, 0.29) is 12.1 Å². The molecule has 0 bridgehead atoms. The van der Waals surface area contributed by atoms with Crippen LogP contribution in [0, 0.1) is 13.8 Å². The molecule has 1 aliphatic rings. The summed E-state index contributed by atoms with van der Waals surface area (Å²) in [5.74, 6) is 0.444. The first-order valence-corrected chi connectivity index (χ1v) is 13.1. The Balaban J connectivity index is 1.50. The van der Waals surface area contributed by atoms with E-state index in [9.17, 15) is 9.59 Å². The second-order valence-electron chi connectivity index (χ2n) is 9.89. The summed E-state index contributed by atoms with van der Waals surface area (Å²) in [6, 6.07) is 28.4. The maximum absolute atomic E-state index is 14.1. The first kappa shape index (κ1) is 25.2. The summed E-state index contributed by atoms with van der Waals surface area (Å²) in [6.45, 7) is 4.36. The Morgan fingerprint density at radius 1 is 0.925 bits per heavy atom. The van der Waals surface area contributed by atoms with E-state index in [1.165, 1.54) is 7.11 Å². The molecule has 0 radical (unpaired) electrons. The van der Waals surface area contributed by atoms with Gasteiger partial charge in [0.1, 0.15) is 5.82 Å². The molecule has 0 spiro atoms. The van der Waals surface area contributed by atoms with Gasteiger partial charge >= 0.3 is 12.0 Å². The van der Waals surface area contributed by atoms with Crippen LogP contribution in [0.3, 0.4) is 0 Å². The summed E-state index contributed by atoms with van der Waals surface area (Å²) in [5, 5.41) is 7.93. The van der Waals surface area contributed by atoms with Crippen LogP contribution in [-0.2, 0) is 11.3 Å². The molecule has 0 saturated carbocycles. The van der Waals surface area contributed by atoms with Crippen LogP contribution in [0.1, 0.15) is 44.5 Å². The highest BCUT2D eigenvalue weighted by atomic mass is 16.5. The number of nitrogens with zero attached hydrogens (tertiary/aromatic N) is 4. The van der Waals surface area contributed by atoms with Crippen LogP contribution in [-0.4, -0.2) is 38.4 Å². The van der Waals surface area contributed by atoms with Crippen molar-refractivity contribution in [2.75, 3.05) is 12.4 Å². The van der Waals surface area contributed by atoms with Crippen LogP contribution in [0.4, 0.5) is 10.5 Å². The van der Waals surface area contributed by atoms with Crippen molar-refractivity contribution < 1.29 is 14.3 Å². The van der Waals surface area contributed by atoms with Crippen molar-refractivity contribution in [3.8, 4) is 11.5 Å². The van der Waals surface area contributed by atoms with Gasteiger partial charge in [-0.2, -0.15) is 5.10 Å². The molecule has 1 unspecified atom stereocenters. The fraction of sp³-hybridized carbons (Fsp3) is 0.156. The van der Waals surface area contributed by atoms with Crippen molar-refractivity contribution in [2.24, 2.45) is 0 Å². The number of methoxy groups -OCH3 is 1. The quantitative estimate of drug-likeness (QED) is 0.280. The minimum absolute atomic E-state index is 0.291. The molecule has 6 rings (SSSR count). The predicted molar refractivity (Wildman–Crippen MR) is 153 cm³/mol. The average Bonchev–Trinajstić information content (AvgIpc) is 3.53. The number of anilines is 1. The lowest BCUT2D eigenvalue weighted by molar-refractivity contribution is 0.0600. The van der Waals surface area contributed by atoms with Gasteiger partial charge in [-0.05, 0) is 61.9 Å². The maximum atomic E-state index is 14.1. The summed E-state index contributed by atoms with van der Waals surface area (Å²) in [5.41, 5.74) is 6.66. The van der Waals surface area contributed by atoms with E-state index in [2.05, 4.69) is 28.1 Å². The number of benzene rings is 3. The van der Waals surface area contributed by atoms with Gasteiger partial charge < -0.3 is 19.5 Å². The number of aromatic nitrogens is 3. The third kappa shape index (κ3) is 4.43. The summed E-state index contributed by atoms with van der Waals surface area (Å²) in [6.07, 6.45) is 2.03. The van der Waals surface area contributed by atoms with E-state index in [1.54, 1.807) is 24.3 Å². The highest BCUT2D eigenvalue weighted by Gasteiger charge is 2.36. The number of urea groups is 1. The van der Waals surface area contributed by atoms with Gasteiger partial charge in [0.05, 0.1) is 42.3 Å². The zero-order valence-corrected chi connectivity index (χ0v) is 22.5. The maximum Gasteiger partial charge on any atom is 0.337 e. The first-order valence-electron chi connectivity index (χ1n) is 13.1. The highest BCUT2D eigenvalue weighted by Crippen LogP contribution is 2.39. The number of amides is 2. The molecule has 3 heterocycles. The summed E-state index contributed by atoms with van der Waals surface area (Å²) in [4.78, 5) is 28.1. The minimum atomic E-state index is -0.463. The van der Waals surface area contributed by atoms with E-state index < -0.39 is 5.97 Å². The molecule has 0 aliphatic carbocycles. The molecule has 1 N–H and O–H groups in total. The molecular weight excluding hydrogens is 502 g/mol. The Morgan fingerprint density at radius 2 is 1.73 bits per heavy atom. The van der Waals surface area contributed by atoms with Crippen LogP contribution in [0.25, 0.3) is 11.5 Å². The lowest BCUT2D eigenvalue weighted by atomic mass is 10.00. The number of carbonyl (C=O) groups is 2. The van der Waals surface area contributed by atoms with Gasteiger partial charge in [0.15, 0.2) is 0 Å². The Hall–Kier alpha value is -5.11. The zero-order valence-electron chi connectivity index (χ0n) is 22.5. The molecule has 1 atom stereocenters. The summed E-state index contributed by atoms with van der Waals surface area (Å²) >= 11 is 0. The van der Waals surface area contributed by atoms with Crippen LogP contribution in [0.2, 0.25) is 0 Å². The number of carbonyl (C=O) groups excluding carboxylic acids is 2. The van der Waals surface area contributed by atoms with Crippen LogP contribution in [0.15, 0.2) is 97.2 Å². The number of rotatable bonds is 4. The fourth-order valence-electron chi connectivity index (χ4n) is 5.38. The third-order valence-electron chi connectivity index (χ3n) is 7.24. The molecule has 0 saturated heterocycles. The molecule has 1 aliphatic heterocycles.